The molecule has 0 aliphatic heterocycles. The topological polar surface area (TPSA) is 113 Å². The van der Waals surface area contributed by atoms with Crippen LogP contribution in [0.2, 0.25) is 0 Å². The zero-order valence-electron chi connectivity index (χ0n) is 17.3. The molecular weight excluding hydrogens is 424 g/mol. The van der Waals surface area contributed by atoms with E-state index in [9.17, 15) is 18.0 Å². The van der Waals surface area contributed by atoms with Crippen LogP contribution in [0.1, 0.15) is 39.5 Å². The molecule has 1 saturated carbocycles. The molecule has 2 rings (SSSR count). The maximum Gasteiger partial charge on any atom is 0.319 e. The third-order valence-electron chi connectivity index (χ3n) is 5.14. The van der Waals surface area contributed by atoms with Crippen molar-refractivity contribution in [1.29, 1.82) is 5.26 Å². The summed E-state index contributed by atoms with van der Waals surface area (Å²) in [5.41, 5.74) is 0. The summed E-state index contributed by atoms with van der Waals surface area (Å²) >= 11 is 1.31. The second kappa shape index (κ2) is 11.4. The van der Waals surface area contributed by atoms with E-state index < -0.39 is 9.84 Å². The summed E-state index contributed by atoms with van der Waals surface area (Å²) in [5.74, 6) is -1.29. The van der Waals surface area contributed by atoms with Crippen molar-refractivity contribution in [2.24, 2.45) is 11.8 Å². The number of nitriles is 1. The van der Waals surface area contributed by atoms with Crippen LogP contribution in [-0.4, -0.2) is 44.4 Å². The minimum absolute atomic E-state index is 0.0713. The van der Waals surface area contributed by atoms with Gasteiger partial charge in [-0.2, -0.15) is 5.26 Å². The van der Waals surface area contributed by atoms with E-state index in [1.165, 1.54) is 11.8 Å². The van der Waals surface area contributed by atoms with Crippen LogP contribution in [-0.2, 0) is 24.2 Å². The Hall–Kier alpha value is -2.05. The van der Waals surface area contributed by atoms with Gasteiger partial charge in [0.15, 0.2) is 9.84 Å². The highest BCUT2D eigenvalue weighted by Gasteiger charge is 2.34. The van der Waals surface area contributed by atoms with Crippen molar-refractivity contribution in [3.63, 3.8) is 0 Å². The van der Waals surface area contributed by atoms with Crippen LogP contribution in [0, 0.1) is 23.2 Å². The van der Waals surface area contributed by atoms with Crippen LogP contribution in [0.25, 0.3) is 0 Å². The van der Waals surface area contributed by atoms with E-state index in [1.54, 1.807) is 38.1 Å². The Bertz CT molecular complexity index is 878. The molecule has 0 spiro atoms. The summed E-state index contributed by atoms with van der Waals surface area (Å²) < 4.78 is 30.9. The fourth-order valence-electron chi connectivity index (χ4n) is 3.63. The predicted molar refractivity (Wildman–Crippen MR) is 115 cm³/mol. The molecule has 1 unspecified atom stereocenters. The number of nitrogens with one attached hydrogen (secondary N) is 1. The van der Waals surface area contributed by atoms with Gasteiger partial charge in [-0.15, -0.1) is 11.8 Å². The summed E-state index contributed by atoms with van der Waals surface area (Å²) in [6.45, 7) is 3.74. The minimum atomic E-state index is -3.56. The lowest BCUT2D eigenvalue weighted by Gasteiger charge is -2.30. The van der Waals surface area contributed by atoms with Crippen molar-refractivity contribution >= 4 is 33.5 Å². The number of carbonyl (C=O) groups excluding carboxylic acids is 2. The molecule has 0 heterocycles. The molecule has 30 heavy (non-hydrogen) atoms. The monoisotopic (exact) mass is 452 g/mol. The van der Waals surface area contributed by atoms with Gasteiger partial charge in [0, 0.05) is 10.8 Å². The van der Waals surface area contributed by atoms with Crippen molar-refractivity contribution in [3.05, 3.63) is 24.3 Å². The quantitative estimate of drug-likeness (QED) is 0.348. The van der Waals surface area contributed by atoms with Crippen molar-refractivity contribution in [2.45, 2.75) is 54.6 Å². The number of benzene rings is 1. The number of hydrogen-bond donors (Lipinski definition) is 1. The van der Waals surface area contributed by atoms with Gasteiger partial charge < -0.3 is 10.1 Å². The standard InChI is InChI=1S/C21H28N2O5S2/c1-3-28-21(25)15(2)29-17-8-10-18(11-9-17)30(26,27)14-16-6-4-5-7-19(16)20(24)23-13-12-22/h8-11,15-16,19H,3-7,13-14H2,1-2H3,(H,23,24)/t15?,16-,19+/m1/s1. The normalized spacial score (nSPS) is 20.0. The molecule has 1 aliphatic carbocycles. The minimum Gasteiger partial charge on any atom is -0.465 e. The fraction of sp³-hybridized carbons (Fsp3) is 0.571. The molecule has 7 nitrogen and oxygen atoms in total. The van der Waals surface area contributed by atoms with Gasteiger partial charge in [-0.25, -0.2) is 8.42 Å². The lowest BCUT2D eigenvalue weighted by Crippen LogP contribution is -2.39. The Morgan fingerprint density at radius 1 is 1.27 bits per heavy atom. The maximum atomic E-state index is 12.9. The molecule has 9 heteroatoms. The molecule has 1 fully saturated rings. The van der Waals surface area contributed by atoms with E-state index in [0.717, 1.165) is 17.7 Å². The van der Waals surface area contributed by atoms with Gasteiger partial charge in [-0.3, -0.25) is 9.59 Å². The second-order valence-electron chi connectivity index (χ2n) is 7.29. The Balaban J connectivity index is 2.06. The van der Waals surface area contributed by atoms with Crippen LogP contribution >= 0.6 is 11.8 Å². The van der Waals surface area contributed by atoms with E-state index in [-0.39, 0.29) is 46.2 Å². The van der Waals surface area contributed by atoms with E-state index in [1.807, 2.05) is 6.07 Å². The number of amides is 1. The van der Waals surface area contributed by atoms with Crippen LogP contribution < -0.4 is 5.32 Å². The van der Waals surface area contributed by atoms with Gasteiger partial charge in [0.05, 0.1) is 23.3 Å². The SMILES string of the molecule is CCOC(=O)C(C)Sc1ccc(S(=O)(=O)C[C@H]2CCCC[C@@H]2C(=O)NCC#N)cc1. The molecule has 164 valence electrons. The number of thioether (sulfide) groups is 1. The lowest BCUT2D eigenvalue weighted by molar-refractivity contribution is -0.142. The van der Waals surface area contributed by atoms with Crippen molar-refractivity contribution in [1.82, 2.24) is 5.32 Å². The van der Waals surface area contributed by atoms with Crippen LogP contribution in [0.15, 0.2) is 34.1 Å². The molecular formula is C21H28N2O5S2. The second-order valence-corrected chi connectivity index (χ2v) is 10.7. The van der Waals surface area contributed by atoms with Crippen LogP contribution in [0.4, 0.5) is 0 Å². The Kier molecular flexibility index (Phi) is 9.18. The molecule has 1 amide bonds. The first kappa shape index (κ1) is 24.2. The summed E-state index contributed by atoms with van der Waals surface area (Å²) in [7, 11) is -3.56. The zero-order chi connectivity index (χ0) is 22.1. The summed E-state index contributed by atoms with van der Waals surface area (Å²) in [6, 6.07) is 8.34. The highest BCUT2D eigenvalue weighted by molar-refractivity contribution is 8.00. The first-order chi connectivity index (χ1) is 14.3. The van der Waals surface area contributed by atoms with Gasteiger partial charge in [-0.1, -0.05) is 12.8 Å². The first-order valence-corrected chi connectivity index (χ1v) is 12.6. The molecule has 1 aromatic rings. The summed E-state index contributed by atoms with van der Waals surface area (Å²) in [6.07, 6.45) is 3.09. The molecule has 3 atom stereocenters. The predicted octanol–water partition coefficient (Wildman–Crippen LogP) is 2.95. The third kappa shape index (κ3) is 6.74. The number of rotatable bonds is 9. The van der Waals surface area contributed by atoms with E-state index >= 15 is 0 Å². The molecule has 1 aliphatic rings. The molecule has 1 aromatic carbocycles. The molecule has 0 aromatic heterocycles. The van der Waals surface area contributed by atoms with Crippen LogP contribution in [0.3, 0.4) is 0 Å². The van der Waals surface area contributed by atoms with Gasteiger partial charge in [0.1, 0.15) is 11.8 Å². The summed E-state index contributed by atoms with van der Waals surface area (Å²) in [4.78, 5) is 25.1. The number of nitrogens with zero attached hydrogens (tertiary/aromatic N) is 1. The highest BCUT2D eigenvalue weighted by Crippen LogP contribution is 2.33. The van der Waals surface area contributed by atoms with Crippen molar-refractivity contribution < 1.29 is 22.7 Å². The van der Waals surface area contributed by atoms with Gasteiger partial charge in [0.25, 0.3) is 0 Å². The molecule has 0 radical (unpaired) electrons. The number of hydrogen-bond acceptors (Lipinski definition) is 7. The Labute approximate surface area is 182 Å². The molecule has 1 N–H and O–H groups in total. The van der Waals surface area contributed by atoms with E-state index in [0.29, 0.717) is 19.4 Å². The van der Waals surface area contributed by atoms with Gasteiger partial charge in [0.2, 0.25) is 5.91 Å². The molecule has 0 bridgehead atoms. The molecule has 0 saturated heterocycles. The number of sulfone groups is 1. The van der Waals surface area contributed by atoms with Gasteiger partial charge in [-0.05, 0) is 56.9 Å². The highest BCUT2D eigenvalue weighted by atomic mass is 32.2. The fourth-order valence-corrected chi connectivity index (χ4v) is 6.20. The number of carbonyl (C=O) groups is 2. The smallest absolute Gasteiger partial charge is 0.319 e. The van der Waals surface area contributed by atoms with Crippen molar-refractivity contribution in [3.8, 4) is 6.07 Å². The lowest BCUT2D eigenvalue weighted by atomic mass is 9.80. The number of ether oxygens (including phenoxy) is 1. The average molecular weight is 453 g/mol. The van der Waals surface area contributed by atoms with Crippen LogP contribution in [0.5, 0.6) is 0 Å². The Morgan fingerprint density at radius 2 is 1.93 bits per heavy atom. The third-order valence-corrected chi connectivity index (χ3v) is 8.08. The van der Waals surface area contributed by atoms with E-state index in [4.69, 9.17) is 10.00 Å². The number of esters is 1. The van der Waals surface area contributed by atoms with Crippen molar-refractivity contribution in [2.75, 3.05) is 18.9 Å². The first-order valence-electron chi connectivity index (χ1n) is 10.1. The maximum absolute atomic E-state index is 12.9. The summed E-state index contributed by atoms with van der Waals surface area (Å²) in [5, 5.41) is 10.8. The average Bonchev–Trinajstić information content (AvgIpc) is 2.72. The van der Waals surface area contributed by atoms with Gasteiger partial charge >= 0.3 is 5.97 Å². The largest absolute Gasteiger partial charge is 0.465 e. The van der Waals surface area contributed by atoms with E-state index in [2.05, 4.69) is 5.32 Å². The Morgan fingerprint density at radius 3 is 2.57 bits per heavy atom. The zero-order valence-corrected chi connectivity index (χ0v) is 18.9.